The van der Waals surface area contributed by atoms with E-state index in [9.17, 15) is 4.79 Å². The summed E-state index contributed by atoms with van der Waals surface area (Å²) in [5.41, 5.74) is 7.94. The minimum Gasteiger partial charge on any atom is -0.496 e. The number of aryl methyl sites for hydroxylation is 3. The molecule has 0 saturated carbocycles. The van der Waals surface area contributed by atoms with Crippen molar-refractivity contribution in [3.63, 3.8) is 0 Å². The van der Waals surface area contributed by atoms with E-state index in [1.807, 2.05) is 67.8 Å². The maximum Gasteiger partial charge on any atom is 0.220 e. The fourth-order valence-electron chi connectivity index (χ4n) is 4.14. The lowest BCUT2D eigenvalue weighted by Crippen LogP contribution is -2.23. The van der Waals surface area contributed by atoms with Crippen LogP contribution >= 0.6 is 0 Å². The maximum absolute atomic E-state index is 12.5. The first-order chi connectivity index (χ1) is 15.5. The molecule has 0 unspecified atom stereocenters. The number of para-hydroxylation sites is 1. The molecule has 6 nitrogen and oxygen atoms in total. The van der Waals surface area contributed by atoms with E-state index in [1.54, 1.807) is 7.11 Å². The first-order valence-electron chi connectivity index (χ1n) is 10.8. The maximum atomic E-state index is 12.5. The molecule has 2 heterocycles. The molecule has 0 bridgehead atoms. The lowest BCUT2D eigenvalue weighted by molar-refractivity contribution is -0.121. The summed E-state index contributed by atoms with van der Waals surface area (Å²) in [6, 6.07) is 17.9. The minimum absolute atomic E-state index is 0.00331. The van der Waals surface area contributed by atoms with Gasteiger partial charge in [-0.25, -0.2) is 9.50 Å². The van der Waals surface area contributed by atoms with Crippen molar-refractivity contribution in [2.45, 2.75) is 40.2 Å². The van der Waals surface area contributed by atoms with Gasteiger partial charge in [0.15, 0.2) is 5.65 Å². The fraction of sp³-hybridized carbons (Fsp3) is 0.269. The monoisotopic (exact) mass is 428 g/mol. The fourth-order valence-corrected chi connectivity index (χ4v) is 4.14. The zero-order valence-corrected chi connectivity index (χ0v) is 19.0. The van der Waals surface area contributed by atoms with Gasteiger partial charge in [0, 0.05) is 35.5 Å². The summed E-state index contributed by atoms with van der Waals surface area (Å²) >= 11 is 0. The molecule has 0 spiro atoms. The molecule has 2 aromatic heterocycles. The lowest BCUT2D eigenvalue weighted by atomic mass is 10.0. The van der Waals surface area contributed by atoms with Crippen LogP contribution in [-0.2, 0) is 17.8 Å². The molecule has 2 aromatic carbocycles. The van der Waals surface area contributed by atoms with Crippen molar-refractivity contribution in [1.29, 1.82) is 0 Å². The second kappa shape index (κ2) is 9.22. The van der Waals surface area contributed by atoms with Crippen molar-refractivity contribution in [2.75, 3.05) is 7.11 Å². The van der Waals surface area contributed by atoms with Gasteiger partial charge >= 0.3 is 0 Å². The first-order valence-corrected chi connectivity index (χ1v) is 10.8. The number of amides is 1. The van der Waals surface area contributed by atoms with E-state index >= 15 is 0 Å². The number of carbonyl (C=O) groups excluding carboxylic acids is 1. The lowest BCUT2D eigenvalue weighted by Gasteiger charge is -2.12. The third-order valence-corrected chi connectivity index (χ3v) is 5.83. The first kappa shape index (κ1) is 21.6. The second-order valence-electron chi connectivity index (χ2n) is 7.91. The van der Waals surface area contributed by atoms with Crippen LogP contribution in [0.5, 0.6) is 5.75 Å². The number of hydrogen-bond donors (Lipinski definition) is 1. The number of rotatable bonds is 7. The number of ether oxygens (including phenoxy) is 1. The van der Waals surface area contributed by atoms with Crippen LogP contribution in [0.1, 0.15) is 34.6 Å². The summed E-state index contributed by atoms with van der Waals surface area (Å²) in [5.74, 6) is 0.772. The Labute approximate surface area is 188 Å². The predicted molar refractivity (Wildman–Crippen MR) is 126 cm³/mol. The van der Waals surface area contributed by atoms with Gasteiger partial charge in [-0.1, -0.05) is 48.5 Å². The van der Waals surface area contributed by atoms with Gasteiger partial charge in [0.25, 0.3) is 0 Å². The summed E-state index contributed by atoms with van der Waals surface area (Å²) in [5, 5.41) is 7.75. The topological polar surface area (TPSA) is 68.5 Å². The second-order valence-corrected chi connectivity index (χ2v) is 7.91. The Bertz CT molecular complexity index is 1260. The number of nitrogens with zero attached hydrogens (tertiary/aromatic N) is 3. The summed E-state index contributed by atoms with van der Waals surface area (Å²) in [4.78, 5) is 17.4. The van der Waals surface area contributed by atoms with Gasteiger partial charge in [0.05, 0.1) is 12.8 Å². The Morgan fingerprint density at radius 1 is 1.00 bits per heavy atom. The van der Waals surface area contributed by atoms with Crippen LogP contribution in [0.3, 0.4) is 0 Å². The Morgan fingerprint density at radius 3 is 2.47 bits per heavy atom. The van der Waals surface area contributed by atoms with Crippen LogP contribution in [-0.4, -0.2) is 27.6 Å². The van der Waals surface area contributed by atoms with Crippen molar-refractivity contribution < 1.29 is 9.53 Å². The van der Waals surface area contributed by atoms with Crippen molar-refractivity contribution in [3.05, 3.63) is 82.8 Å². The highest BCUT2D eigenvalue weighted by Crippen LogP contribution is 2.29. The number of hydrogen-bond acceptors (Lipinski definition) is 4. The largest absolute Gasteiger partial charge is 0.496 e. The molecule has 1 amide bonds. The minimum atomic E-state index is -0.00331. The van der Waals surface area contributed by atoms with Gasteiger partial charge in [0.1, 0.15) is 5.75 Å². The van der Waals surface area contributed by atoms with E-state index in [4.69, 9.17) is 14.8 Å². The summed E-state index contributed by atoms with van der Waals surface area (Å²) in [6.45, 7) is 6.50. The van der Waals surface area contributed by atoms with Crippen LogP contribution in [0.2, 0.25) is 0 Å². The van der Waals surface area contributed by atoms with Crippen molar-refractivity contribution >= 4 is 11.6 Å². The van der Waals surface area contributed by atoms with Crippen LogP contribution < -0.4 is 10.1 Å². The molecule has 0 atom stereocenters. The molecule has 0 aliphatic heterocycles. The number of carbonyl (C=O) groups is 1. The van der Waals surface area contributed by atoms with Gasteiger partial charge < -0.3 is 10.1 Å². The van der Waals surface area contributed by atoms with E-state index in [-0.39, 0.29) is 5.91 Å². The van der Waals surface area contributed by atoms with Crippen molar-refractivity contribution in [3.8, 4) is 16.9 Å². The highest BCUT2D eigenvalue weighted by atomic mass is 16.5. The quantitative estimate of drug-likeness (QED) is 0.468. The number of aromatic nitrogens is 3. The normalized spacial score (nSPS) is 11.0. The van der Waals surface area contributed by atoms with E-state index in [0.717, 1.165) is 50.7 Å². The highest BCUT2D eigenvalue weighted by molar-refractivity contribution is 5.80. The van der Waals surface area contributed by atoms with Gasteiger partial charge in [-0.2, -0.15) is 5.10 Å². The SMILES string of the molecule is COc1ccccc1CNC(=O)CCc1c(C)nc2c(-c3ccccc3)c(C)nn2c1C. The molecular formula is C26H28N4O2. The Morgan fingerprint density at radius 2 is 1.72 bits per heavy atom. The Balaban J connectivity index is 1.52. The zero-order valence-electron chi connectivity index (χ0n) is 19.0. The van der Waals surface area contributed by atoms with Gasteiger partial charge in [0.2, 0.25) is 5.91 Å². The predicted octanol–water partition coefficient (Wildman–Crippen LogP) is 4.58. The molecule has 164 valence electrons. The van der Waals surface area contributed by atoms with E-state index < -0.39 is 0 Å². The molecule has 0 aliphatic carbocycles. The molecule has 32 heavy (non-hydrogen) atoms. The molecule has 6 heteroatoms. The highest BCUT2D eigenvalue weighted by Gasteiger charge is 2.18. The van der Waals surface area contributed by atoms with E-state index in [2.05, 4.69) is 17.4 Å². The molecule has 0 aliphatic rings. The zero-order chi connectivity index (χ0) is 22.7. The number of methoxy groups -OCH3 is 1. The standard InChI is InChI=1S/C26H28N4O2/c1-17-22(14-15-24(31)27-16-21-12-8-9-13-23(21)32-4)19(3)30-26(28-17)25(18(2)29-30)20-10-6-5-7-11-20/h5-13H,14-16H2,1-4H3,(H,27,31). The third kappa shape index (κ3) is 4.21. The Hall–Kier alpha value is -3.67. The molecule has 4 aromatic rings. The van der Waals surface area contributed by atoms with Gasteiger partial charge in [-0.3, -0.25) is 4.79 Å². The van der Waals surface area contributed by atoms with E-state index in [1.165, 1.54) is 0 Å². The molecular weight excluding hydrogens is 400 g/mol. The smallest absolute Gasteiger partial charge is 0.220 e. The Kier molecular flexibility index (Phi) is 6.21. The summed E-state index contributed by atoms with van der Waals surface area (Å²) in [6.07, 6.45) is 0.994. The van der Waals surface area contributed by atoms with Crippen LogP contribution in [0.4, 0.5) is 0 Å². The summed E-state index contributed by atoms with van der Waals surface area (Å²) in [7, 11) is 1.63. The average Bonchev–Trinajstić information content (AvgIpc) is 3.14. The number of benzene rings is 2. The number of nitrogens with one attached hydrogen (secondary N) is 1. The van der Waals surface area contributed by atoms with Crippen molar-refractivity contribution in [1.82, 2.24) is 19.9 Å². The van der Waals surface area contributed by atoms with Crippen LogP contribution in [0, 0.1) is 20.8 Å². The van der Waals surface area contributed by atoms with Crippen LogP contribution in [0.25, 0.3) is 16.8 Å². The molecule has 4 rings (SSSR count). The van der Waals surface area contributed by atoms with Crippen LogP contribution in [0.15, 0.2) is 54.6 Å². The van der Waals surface area contributed by atoms with Crippen molar-refractivity contribution in [2.24, 2.45) is 0 Å². The molecule has 0 saturated heterocycles. The average molecular weight is 429 g/mol. The number of fused-ring (bicyclic) bond motifs is 1. The summed E-state index contributed by atoms with van der Waals surface area (Å²) < 4.78 is 7.26. The van der Waals surface area contributed by atoms with E-state index in [0.29, 0.717) is 19.4 Å². The molecule has 0 fully saturated rings. The third-order valence-electron chi connectivity index (χ3n) is 5.83. The molecule has 1 N–H and O–H groups in total. The van der Waals surface area contributed by atoms with Gasteiger partial charge in [-0.05, 0) is 44.4 Å². The molecule has 0 radical (unpaired) electrons. The van der Waals surface area contributed by atoms with Gasteiger partial charge in [-0.15, -0.1) is 0 Å².